The number of anilines is 1. The number of carbonyl (C=O) groups is 1. The van der Waals surface area contributed by atoms with Crippen molar-refractivity contribution in [3.8, 4) is 0 Å². The molecule has 0 fully saturated rings. The van der Waals surface area contributed by atoms with Gasteiger partial charge in [0.1, 0.15) is 0 Å². The van der Waals surface area contributed by atoms with Crippen molar-refractivity contribution >= 4 is 22.4 Å². The Morgan fingerprint density at radius 2 is 2.06 bits per heavy atom. The fourth-order valence-electron chi connectivity index (χ4n) is 1.62. The van der Waals surface area contributed by atoms with Crippen molar-refractivity contribution in [2.75, 3.05) is 32.0 Å². The number of amides is 1. The highest BCUT2D eigenvalue weighted by Gasteiger charge is 2.15. The van der Waals surface area contributed by atoms with Crippen LogP contribution in [0.25, 0.3) is 0 Å². The summed E-state index contributed by atoms with van der Waals surface area (Å²) in [6.07, 6.45) is 0. The van der Waals surface area contributed by atoms with Crippen LogP contribution in [0.5, 0.6) is 0 Å². The van der Waals surface area contributed by atoms with Gasteiger partial charge in [-0.25, -0.2) is 0 Å². The first-order valence-electron chi connectivity index (χ1n) is 6.15. The molecule has 1 rings (SSSR count). The smallest absolute Gasteiger partial charge is 0.282 e. The Kier molecular flexibility index (Phi) is 6.00. The number of hydrogen-bond donors (Lipinski definition) is 2. The van der Waals surface area contributed by atoms with E-state index in [0.29, 0.717) is 10.1 Å². The average Bonchev–Trinajstić information content (AvgIpc) is 2.84. The first-order chi connectivity index (χ1) is 8.60. The van der Waals surface area contributed by atoms with Gasteiger partial charge in [-0.2, -0.15) is 0 Å². The monoisotopic (exact) mass is 271 g/mol. The molecule has 0 saturated heterocycles. The van der Waals surface area contributed by atoms with Crippen LogP contribution in [-0.4, -0.2) is 53.7 Å². The van der Waals surface area contributed by atoms with E-state index in [1.807, 2.05) is 6.92 Å². The minimum absolute atomic E-state index is 0.0966. The number of rotatable bonds is 7. The molecule has 0 aliphatic carbocycles. The standard InChI is InChI=1S/C11H21N5OS/c1-5-16(6-2)7-8(3)13-9(17)10-14-15-11(12-4)18-10/h8H,5-7H2,1-4H3,(H,12,15)(H,13,17). The lowest BCUT2D eigenvalue weighted by atomic mass is 10.3. The third-order valence-electron chi connectivity index (χ3n) is 2.64. The summed E-state index contributed by atoms with van der Waals surface area (Å²) in [4.78, 5) is 14.2. The zero-order valence-corrected chi connectivity index (χ0v) is 12.2. The fourth-order valence-corrected chi connectivity index (χ4v) is 2.22. The van der Waals surface area contributed by atoms with Gasteiger partial charge in [0, 0.05) is 19.6 Å². The highest BCUT2D eigenvalue weighted by molar-refractivity contribution is 7.17. The highest BCUT2D eigenvalue weighted by Crippen LogP contribution is 2.13. The van der Waals surface area contributed by atoms with Gasteiger partial charge in [0.2, 0.25) is 10.1 Å². The number of nitrogens with zero attached hydrogens (tertiary/aromatic N) is 3. The summed E-state index contributed by atoms with van der Waals surface area (Å²) in [7, 11) is 1.76. The Bertz CT molecular complexity index is 377. The van der Waals surface area contributed by atoms with Crippen molar-refractivity contribution in [1.29, 1.82) is 0 Å². The van der Waals surface area contributed by atoms with Crippen molar-refractivity contribution in [2.45, 2.75) is 26.8 Å². The topological polar surface area (TPSA) is 70.2 Å². The Hall–Kier alpha value is -1.21. The predicted octanol–water partition coefficient (Wildman–Crippen LogP) is 1.04. The molecule has 7 heteroatoms. The molecule has 18 heavy (non-hydrogen) atoms. The molecule has 0 aliphatic rings. The van der Waals surface area contributed by atoms with Crippen molar-refractivity contribution in [1.82, 2.24) is 20.4 Å². The Balaban J connectivity index is 2.48. The quantitative estimate of drug-likeness (QED) is 0.775. The molecule has 1 unspecified atom stereocenters. The molecule has 1 aromatic heterocycles. The number of carbonyl (C=O) groups excluding carboxylic acids is 1. The zero-order chi connectivity index (χ0) is 13.5. The van der Waals surface area contributed by atoms with E-state index < -0.39 is 0 Å². The molecular formula is C11H21N5OS. The molecule has 0 aromatic carbocycles. The van der Waals surface area contributed by atoms with Gasteiger partial charge in [0.05, 0.1) is 0 Å². The first-order valence-corrected chi connectivity index (χ1v) is 6.96. The molecule has 1 aromatic rings. The highest BCUT2D eigenvalue weighted by atomic mass is 32.1. The zero-order valence-electron chi connectivity index (χ0n) is 11.4. The van der Waals surface area contributed by atoms with Crippen molar-refractivity contribution in [3.63, 3.8) is 0 Å². The van der Waals surface area contributed by atoms with E-state index in [-0.39, 0.29) is 11.9 Å². The summed E-state index contributed by atoms with van der Waals surface area (Å²) in [6, 6.07) is 0.0966. The van der Waals surface area contributed by atoms with Gasteiger partial charge < -0.3 is 15.5 Å². The van der Waals surface area contributed by atoms with Crippen molar-refractivity contribution in [3.05, 3.63) is 5.01 Å². The summed E-state index contributed by atoms with van der Waals surface area (Å²) in [5.74, 6) is -0.159. The maximum atomic E-state index is 11.9. The van der Waals surface area contributed by atoms with Crippen LogP contribution in [0.3, 0.4) is 0 Å². The summed E-state index contributed by atoms with van der Waals surface area (Å²) >= 11 is 1.25. The van der Waals surface area contributed by atoms with E-state index >= 15 is 0 Å². The molecule has 0 spiro atoms. The largest absolute Gasteiger partial charge is 0.363 e. The minimum atomic E-state index is -0.159. The molecule has 0 radical (unpaired) electrons. The van der Waals surface area contributed by atoms with Crippen LogP contribution in [0, 0.1) is 0 Å². The molecule has 0 bridgehead atoms. The van der Waals surface area contributed by atoms with Crippen LogP contribution in [-0.2, 0) is 0 Å². The van der Waals surface area contributed by atoms with E-state index in [4.69, 9.17) is 0 Å². The molecule has 1 atom stereocenters. The van der Waals surface area contributed by atoms with Gasteiger partial charge in [-0.3, -0.25) is 4.79 Å². The molecular weight excluding hydrogens is 250 g/mol. The lowest BCUT2D eigenvalue weighted by Crippen LogP contribution is -2.41. The second-order valence-corrected chi connectivity index (χ2v) is 5.00. The van der Waals surface area contributed by atoms with E-state index in [1.165, 1.54) is 11.3 Å². The van der Waals surface area contributed by atoms with Gasteiger partial charge in [0.25, 0.3) is 5.91 Å². The molecule has 102 valence electrons. The van der Waals surface area contributed by atoms with Crippen LogP contribution in [0.15, 0.2) is 0 Å². The molecule has 0 aliphatic heterocycles. The second kappa shape index (κ2) is 7.27. The normalized spacial score (nSPS) is 12.5. The van der Waals surface area contributed by atoms with E-state index in [9.17, 15) is 4.79 Å². The lowest BCUT2D eigenvalue weighted by Gasteiger charge is -2.22. The van der Waals surface area contributed by atoms with Crippen molar-refractivity contribution in [2.24, 2.45) is 0 Å². The maximum absolute atomic E-state index is 11.9. The van der Waals surface area contributed by atoms with Crippen LogP contribution >= 0.6 is 11.3 Å². The van der Waals surface area contributed by atoms with E-state index in [1.54, 1.807) is 7.05 Å². The molecule has 1 amide bonds. The summed E-state index contributed by atoms with van der Waals surface area (Å²) < 4.78 is 0. The number of nitrogens with one attached hydrogen (secondary N) is 2. The molecule has 2 N–H and O–H groups in total. The summed E-state index contributed by atoms with van der Waals surface area (Å²) in [5, 5.41) is 14.5. The van der Waals surface area contributed by atoms with E-state index in [2.05, 4.69) is 39.6 Å². The number of aromatic nitrogens is 2. The van der Waals surface area contributed by atoms with Crippen LogP contribution in [0.4, 0.5) is 5.13 Å². The molecule has 0 saturated carbocycles. The van der Waals surface area contributed by atoms with Gasteiger partial charge in [0.15, 0.2) is 0 Å². The predicted molar refractivity (Wildman–Crippen MR) is 74.2 cm³/mol. The fraction of sp³-hybridized carbons (Fsp3) is 0.727. The van der Waals surface area contributed by atoms with Gasteiger partial charge in [-0.15, -0.1) is 10.2 Å². The third kappa shape index (κ3) is 4.23. The second-order valence-electron chi connectivity index (χ2n) is 4.02. The van der Waals surface area contributed by atoms with Crippen LogP contribution in [0.1, 0.15) is 30.6 Å². The first kappa shape index (κ1) is 14.8. The number of likely N-dealkylation sites (N-methyl/N-ethyl adjacent to an activating group) is 1. The third-order valence-corrected chi connectivity index (χ3v) is 3.58. The maximum Gasteiger partial charge on any atom is 0.282 e. The number of hydrogen-bond acceptors (Lipinski definition) is 6. The van der Waals surface area contributed by atoms with Crippen LogP contribution < -0.4 is 10.6 Å². The van der Waals surface area contributed by atoms with Gasteiger partial charge >= 0.3 is 0 Å². The molecule has 6 nitrogen and oxygen atoms in total. The van der Waals surface area contributed by atoms with Gasteiger partial charge in [-0.05, 0) is 20.0 Å². The summed E-state index contributed by atoms with van der Waals surface area (Å²) in [6.45, 7) is 9.04. The SMILES string of the molecule is CCN(CC)CC(C)NC(=O)c1nnc(NC)s1. The Morgan fingerprint density at radius 3 is 2.56 bits per heavy atom. The lowest BCUT2D eigenvalue weighted by molar-refractivity contribution is 0.0929. The van der Waals surface area contributed by atoms with Crippen molar-refractivity contribution < 1.29 is 4.79 Å². The molecule has 1 heterocycles. The van der Waals surface area contributed by atoms with Crippen LogP contribution in [0.2, 0.25) is 0 Å². The average molecular weight is 271 g/mol. The Morgan fingerprint density at radius 1 is 1.39 bits per heavy atom. The summed E-state index contributed by atoms with van der Waals surface area (Å²) in [5.41, 5.74) is 0. The van der Waals surface area contributed by atoms with E-state index in [0.717, 1.165) is 19.6 Å². The van der Waals surface area contributed by atoms with Gasteiger partial charge in [-0.1, -0.05) is 25.2 Å². The minimum Gasteiger partial charge on any atom is -0.363 e. The Labute approximate surface area is 112 Å².